The Morgan fingerprint density at radius 1 is 1.17 bits per heavy atom. The molecule has 0 spiro atoms. The quantitative estimate of drug-likeness (QED) is 0.612. The van der Waals surface area contributed by atoms with Gasteiger partial charge in [0.15, 0.2) is 5.13 Å². The number of sulfonamides is 1. The minimum absolute atomic E-state index is 0.183. The summed E-state index contributed by atoms with van der Waals surface area (Å²) in [6.45, 7) is 2.13. The van der Waals surface area contributed by atoms with Crippen LogP contribution in [0, 0.1) is 0 Å². The maximum Gasteiger partial charge on any atom is 0.265 e. The van der Waals surface area contributed by atoms with Gasteiger partial charge in [-0.2, -0.15) is 0 Å². The van der Waals surface area contributed by atoms with E-state index in [1.54, 1.807) is 37.3 Å². The number of rotatable bonds is 7. The number of aromatic nitrogens is 1. The molecule has 154 valence electrons. The zero-order chi connectivity index (χ0) is 21.2. The molecule has 0 bridgehead atoms. The Morgan fingerprint density at radius 3 is 2.41 bits per heavy atom. The van der Waals surface area contributed by atoms with Crippen molar-refractivity contribution in [2.45, 2.75) is 11.8 Å². The topological polar surface area (TPSA) is 97.8 Å². The van der Waals surface area contributed by atoms with E-state index in [0.29, 0.717) is 33.4 Å². The Labute approximate surface area is 173 Å². The van der Waals surface area contributed by atoms with E-state index in [1.165, 1.54) is 43.0 Å². The molecule has 2 aromatic carbocycles. The van der Waals surface area contributed by atoms with Crippen LogP contribution in [-0.4, -0.2) is 51.4 Å². The summed E-state index contributed by atoms with van der Waals surface area (Å²) < 4.78 is 37.5. The molecule has 0 atom stereocenters. The number of amides is 1. The Hall–Kier alpha value is -2.69. The first-order chi connectivity index (χ1) is 13.8. The van der Waals surface area contributed by atoms with Crippen LogP contribution in [0.5, 0.6) is 11.5 Å². The molecule has 0 fully saturated rings. The number of methoxy groups -OCH3 is 2. The van der Waals surface area contributed by atoms with Crippen molar-refractivity contribution >= 4 is 42.6 Å². The molecule has 1 heterocycles. The molecule has 0 saturated carbocycles. The van der Waals surface area contributed by atoms with E-state index in [4.69, 9.17) is 9.47 Å². The summed E-state index contributed by atoms with van der Waals surface area (Å²) in [6, 6.07) is 9.75. The summed E-state index contributed by atoms with van der Waals surface area (Å²) in [5.74, 6) is 0.315. The summed E-state index contributed by atoms with van der Waals surface area (Å²) in [5.41, 5.74) is 0.847. The van der Waals surface area contributed by atoms with Gasteiger partial charge < -0.3 is 9.47 Å². The Balaban J connectivity index is 1.94. The first kappa shape index (κ1) is 21.0. The van der Waals surface area contributed by atoms with Crippen molar-refractivity contribution in [2.75, 3.05) is 33.1 Å². The van der Waals surface area contributed by atoms with E-state index in [0.717, 1.165) is 0 Å². The van der Waals surface area contributed by atoms with Crippen LogP contribution >= 0.6 is 11.3 Å². The smallest absolute Gasteiger partial charge is 0.265 e. The Morgan fingerprint density at radius 2 is 1.83 bits per heavy atom. The number of hydrogen-bond donors (Lipinski definition) is 1. The van der Waals surface area contributed by atoms with Gasteiger partial charge in [-0.3, -0.25) is 10.1 Å². The first-order valence-electron chi connectivity index (χ1n) is 8.71. The standard InChI is InChI=1S/C19H21N3O5S2/c1-5-22(2)29(24,25)12-9-10-13-16(11-12)28-19(20-13)21-18(23)17-14(26-3)7-6-8-15(17)27-4/h6-11H,5H2,1-4H3,(H,20,21,23). The van der Waals surface area contributed by atoms with Crippen molar-refractivity contribution in [1.82, 2.24) is 9.29 Å². The van der Waals surface area contributed by atoms with Gasteiger partial charge in [-0.25, -0.2) is 17.7 Å². The van der Waals surface area contributed by atoms with Crippen LogP contribution in [0.1, 0.15) is 17.3 Å². The SMILES string of the molecule is CCN(C)S(=O)(=O)c1ccc2nc(NC(=O)c3c(OC)cccc3OC)sc2c1. The number of carbonyl (C=O) groups excluding carboxylic acids is 1. The molecule has 8 nitrogen and oxygen atoms in total. The van der Waals surface area contributed by atoms with Crippen molar-refractivity contribution in [3.05, 3.63) is 42.0 Å². The monoisotopic (exact) mass is 435 g/mol. The number of fused-ring (bicyclic) bond motifs is 1. The highest BCUT2D eigenvalue weighted by atomic mass is 32.2. The van der Waals surface area contributed by atoms with E-state index in [1.807, 2.05) is 0 Å². The summed E-state index contributed by atoms with van der Waals surface area (Å²) in [7, 11) is 0.904. The van der Waals surface area contributed by atoms with E-state index < -0.39 is 15.9 Å². The lowest BCUT2D eigenvalue weighted by molar-refractivity contribution is 0.102. The Bertz CT molecular complexity index is 1140. The summed E-state index contributed by atoms with van der Waals surface area (Å²) in [6.07, 6.45) is 0. The lowest BCUT2D eigenvalue weighted by atomic mass is 10.1. The summed E-state index contributed by atoms with van der Waals surface area (Å²) in [4.78, 5) is 17.4. The maximum atomic E-state index is 12.8. The third kappa shape index (κ3) is 4.04. The van der Waals surface area contributed by atoms with Crippen LogP contribution in [0.25, 0.3) is 10.2 Å². The van der Waals surface area contributed by atoms with Gasteiger partial charge in [0.2, 0.25) is 10.0 Å². The Kier molecular flexibility index (Phi) is 6.06. The normalized spacial score (nSPS) is 11.6. The van der Waals surface area contributed by atoms with E-state index in [9.17, 15) is 13.2 Å². The molecule has 1 aromatic heterocycles. The molecular weight excluding hydrogens is 414 g/mol. The van der Waals surface area contributed by atoms with Crippen LogP contribution < -0.4 is 14.8 Å². The first-order valence-corrected chi connectivity index (χ1v) is 11.0. The van der Waals surface area contributed by atoms with Gasteiger partial charge in [0, 0.05) is 13.6 Å². The number of anilines is 1. The predicted molar refractivity (Wildman–Crippen MR) is 113 cm³/mol. The zero-order valence-electron chi connectivity index (χ0n) is 16.4. The predicted octanol–water partition coefficient (Wildman–Crippen LogP) is 3.21. The summed E-state index contributed by atoms with van der Waals surface area (Å²) >= 11 is 1.19. The van der Waals surface area contributed by atoms with Crippen LogP contribution in [-0.2, 0) is 10.0 Å². The molecule has 0 radical (unpaired) electrons. The zero-order valence-corrected chi connectivity index (χ0v) is 18.1. The number of ether oxygens (including phenoxy) is 2. The van der Waals surface area contributed by atoms with Crippen molar-refractivity contribution in [2.24, 2.45) is 0 Å². The molecule has 1 amide bonds. The molecule has 0 aliphatic heterocycles. The third-order valence-electron chi connectivity index (χ3n) is 4.39. The number of benzene rings is 2. The fraction of sp³-hybridized carbons (Fsp3) is 0.263. The van der Waals surface area contributed by atoms with Gasteiger partial charge in [0.25, 0.3) is 5.91 Å². The molecule has 10 heteroatoms. The van der Waals surface area contributed by atoms with Crippen LogP contribution in [0.2, 0.25) is 0 Å². The number of nitrogens with zero attached hydrogens (tertiary/aromatic N) is 2. The largest absolute Gasteiger partial charge is 0.496 e. The number of thiazole rings is 1. The average Bonchev–Trinajstić information content (AvgIpc) is 3.13. The number of nitrogens with one attached hydrogen (secondary N) is 1. The second-order valence-corrected chi connectivity index (χ2v) is 9.13. The highest BCUT2D eigenvalue weighted by molar-refractivity contribution is 7.89. The molecule has 0 aliphatic rings. The summed E-state index contributed by atoms with van der Waals surface area (Å²) in [5, 5.41) is 3.08. The molecule has 29 heavy (non-hydrogen) atoms. The molecule has 0 saturated heterocycles. The van der Waals surface area contributed by atoms with Gasteiger partial charge in [-0.15, -0.1) is 0 Å². The van der Waals surface area contributed by atoms with Crippen molar-refractivity contribution in [1.29, 1.82) is 0 Å². The molecule has 0 aliphatic carbocycles. The lowest BCUT2D eigenvalue weighted by Crippen LogP contribution is -2.26. The van der Waals surface area contributed by atoms with E-state index >= 15 is 0 Å². The van der Waals surface area contributed by atoms with Gasteiger partial charge in [0.1, 0.15) is 17.1 Å². The second-order valence-electron chi connectivity index (χ2n) is 6.06. The number of hydrogen-bond acceptors (Lipinski definition) is 7. The van der Waals surface area contributed by atoms with Gasteiger partial charge in [-0.1, -0.05) is 24.3 Å². The third-order valence-corrected chi connectivity index (χ3v) is 7.25. The minimum Gasteiger partial charge on any atom is -0.496 e. The molecule has 1 N–H and O–H groups in total. The molecular formula is C19H21N3O5S2. The van der Waals surface area contributed by atoms with Crippen molar-refractivity contribution in [3.63, 3.8) is 0 Å². The van der Waals surface area contributed by atoms with Gasteiger partial charge >= 0.3 is 0 Å². The molecule has 3 rings (SSSR count). The van der Waals surface area contributed by atoms with Gasteiger partial charge in [0.05, 0.1) is 29.3 Å². The van der Waals surface area contributed by atoms with Crippen LogP contribution in [0.3, 0.4) is 0 Å². The van der Waals surface area contributed by atoms with Crippen LogP contribution in [0.15, 0.2) is 41.3 Å². The average molecular weight is 436 g/mol. The second kappa shape index (κ2) is 8.36. The van der Waals surface area contributed by atoms with Gasteiger partial charge in [-0.05, 0) is 30.3 Å². The fourth-order valence-electron chi connectivity index (χ4n) is 2.70. The van der Waals surface area contributed by atoms with E-state index in [-0.39, 0.29) is 10.5 Å². The molecule has 0 unspecified atom stereocenters. The highest BCUT2D eigenvalue weighted by Crippen LogP contribution is 2.32. The van der Waals surface area contributed by atoms with Crippen molar-refractivity contribution < 1.29 is 22.7 Å². The fourth-order valence-corrected chi connectivity index (χ4v) is 4.88. The highest BCUT2D eigenvalue weighted by Gasteiger charge is 2.22. The van der Waals surface area contributed by atoms with Crippen LogP contribution in [0.4, 0.5) is 5.13 Å². The van der Waals surface area contributed by atoms with E-state index in [2.05, 4.69) is 10.3 Å². The minimum atomic E-state index is -3.56. The lowest BCUT2D eigenvalue weighted by Gasteiger charge is -2.14. The van der Waals surface area contributed by atoms with Crippen molar-refractivity contribution in [3.8, 4) is 11.5 Å². The molecule has 3 aromatic rings. The maximum absolute atomic E-state index is 12.8. The number of carbonyl (C=O) groups is 1.